The third kappa shape index (κ3) is 4.36. The lowest BCUT2D eigenvalue weighted by atomic mass is 10.2. The molecule has 2 aromatic carbocycles. The lowest BCUT2D eigenvalue weighted by molar-refractivity contribution is -0.137. The maximum Gasteiger partial charge on any atom is 0.417 e. The molecule has 2 aromatic rings. The van der Waals surface area contributed by atoms with Gasteiger partial charge in [-0.3, -0.25) is 4.72 Å². The lowest BCUT2D eigenvalue weighted by Crippen LogP contribution is -2.15. The van der Waals surface area contributed by atoms with Crippen LogP contribution in [0.25, 0.3) is 0 Å². The summed E-state index contributed by atoms with van der Waals surface area (Å²) < 4.78 is 65.1. The summed E-state index contributed by atoms with van der Waals surface area (Å²) in [6.45, 7) is 0. The molecule has 0 amide bonds. The molecule has 0 saturated carbocycles. The van der Waals surface area contributed by atoms with Gasteiger partial charge < -0.3 is 5.11 Å². The minimum Gasteiger partial charge on any atom is -0.478 e. The van der Waals surface area contributed by atoms with Crippen LogP contribution in [0.4, 0.5) is 18.9 Å². The van der Waals surface area contributed by atoms with E-state index in [9.17, 15) is 26.4 Å². The third-order valence-corrected chi connectivity index (χ3v) is 5.18. The number of hydrogen-bond acceptors (Lipinski definition) is 3. The maximum atomic E-state index is 12.8. The van der Waals surface area contributed by atoms with Crippen LogP contribution >= 0.6 is 23.2 Å². The van der Waals surface area contributed by atoms with Gasteiger partial charge in [0, 0.05) is 5.69 Å². The summed E-state index contributed by atoms with van der Waals surface area (Å²) in [5, 5.41) is 8.03. The monoisotopic (exact) mass is 413 g/mol. The molecule has 0 aliphatic heterocycles. The fourth-order valence-electron chi connectivity index (χ4n) is 1.86. The van der Waals surface area contributed by atoms with Crippen LogP contribution in [0.5, 0.6) is 0 Å². The third-order valence-electron chi connectivity index (χ3n) is 2.99. The molecule has 0 aliphatic carbocycles. The van der Waals surface area contributed by atoms with Crippen molar-refractivity contribution in [3.05, 3.63) is 57.6 Å². The normalized spacial score (nSPS) is 12.0. The van der Waals surface area contributed by atoms with Gasteiger partial charge in [-0.1, -0.05) is 23.2 Å². The quantitative estimate of drug-likeness (QED) is 0.771. The second-order valence-corrected chi connectivity index (χ2v) is 7.21. The molecule has 11 heteroatoms. The van der Waals surface area contributed by atoms with Crippen LogP contribution in [0.2, 0.25) is 10.0 Å². The highest BCUT2D eigenvalue weighted by Crippen LogP contribution is 2.36. The number of hydrogen-bond donors (Lipinski definition) is 2. The van der Waals surface area contributed by atoms with Gasteiger partial charge in [0.15, 0.2) is 0 Å². The number of carboxylic acid groups (broad SMARTS) is 1. The predicted molar refractivity (Wildman–Crippen MR) is 85.7 cm³/mol. The number of alkyl halides is 3. The second-order valence-electron chi connectivity index (χ2n) is 4.75. The van der Waals surface area contributed by atoms with Gasteiger partial charge in [-0.2, -0.15) is 13.2 Å². The van der Waals surface area contributed by atoms with E-state index in [1.807, 2.05) is 4.72 Å². The van der Waals surface area contributed by atoms with Crippen LogP contribution in [0.15, 0.2) is 41.3 Å². The number of carbonyl (C=O) groups is 1. The van der Waals surface area contributed by atoms with Crippen molar-refractivity contribution in [2.75, 3.05) is 4.72 Å². The van der Waals surface area contributed by atoms with Crippen molar-refractivity contribution in [2.24, 2.45) is 0 Å². The van der Waals surface area contributed by atoms with E-state index in [1.165, 1.54) is 0 Å². The first-order valence-corrected chi connectivity index (χ1v) is 8.58. The fraction of sp³-hybridized carbons (Fsp3) is 0.0714. The molecule has 0 radical (unpaired) electrons. The van der Waals surface area contributed by atoms with E-state index < -0.39 is 43.3 Å². The zero-order valence-electron chi connectivity index (χ0n) is 11.9. The number of halogens is 5. The molecule has 0 saturated heterocycles. The molecule has 5 nitrogen and oxygen atoms in total. The summed E-state index contributed by atoms with van der Waals surface area (Å²) >= 11 is 11.2. The van der Waals surface area contributed by atoms with Gasteiger partial charge in [0.05, 0.1) is 21.2 Å². The molecule has 0 atom stereocenters. The SMILES string of the molecule is O=C(O)c1ccc(Cl)c(S(=O)(=O)Nc2ccc(Cl)c(C(F)(F)F)c2)c1. The molecule has 2 N–H and O–H groups in total. The first-order chi connectivity index (χ1) is 11.4. The zero-order valence-corrected chi connectivity index (χ0v) is 14.3. The summed E-state index contributed by atoms with van der Waals surface area (Å²) in [6.07, 6.45) is -4.78. The molecule has 0 heterocycles. The Balaban J connectivity index is 2.47. The van der Waals surface area contributed by atoms with Gasteiger partial charge in [0.25, 0.3) is 10.0 Å². The average Bonchev–Trinajstić information content (AvgIpc) is 2.47. The van der Waals surface area contributed by atoms with E-state index in [1.54, 1.807) is 0 Å². The summed E-state index contributed by atoms with van der Waals surface area (Å²) in [5.41, 5.74) is -1.98. The van der Waals surface area contributed by atoms with E-state index in [2.05, 4.69) is 0 Å². The number of nitrogens with one attached hydrogen (secondary N) is 1. The van der Waals surface area contributed by atoms with E-state index >= 15 is 0 Å². The van der Waals surface area contributed by atoms with Gasteiger partial charge >= 0.3 is 12.1 Å². The summed E-state index contributed by atoms with van der Waals surface area (Å²) in [6, 6.07) is 5.39. The number of benzene rings is 2. The minimum atomic E-state index is -4.78. The molecule has 2 rings (SSSR count). The maximum absolute atomic E-state index is 12.8. The van der Waals surface area contributed by atoms with Gasteiger partial charge in [-0.25, -0.2) is 13.2 Å². The van der Waals surface area contributed by atoms with Crippen molar-refractivity contribution < 1.29 is 31.5 Å². The smallest absolute Gasteiger partial charge is 0.417 e. The average molecular weight is 414 g/mol. The van der Waals surface area contributed by atoms with Gasteiger partial charge in [-0.05, 0) is 36.4 Å². The van der Waals surface area contributed by atoms with E-state index in [0.717, 1.165) is 30.3 Å². The second kappa shape index (κ2) is 6.74. The summed E-state index contributed by atoms with van der Waals surface area (Å²) in [5.74, 6) is -1.39. The van der Waals surface area contributed by atoms with Crippen molar-refractivity contribution in [3.8, 4) is 0 Å². The summed E-state index contributed by atoms with van der Waals surface area (Å²) in [4.78, 5) is 10.4. The highest BCUT2D eigenvalue weighted by molar-refractivity contribution is 7.92. The molecule has 134 valence electrons. The Bertz CT molecular complexity index is 946. The van der Waals surface area contributed by atoms with Gasteiger partial charge in [-0.15, -0.1) is 0 Å². The zero-order chi connectivity index (χ0) is 19.0. The van der Waals surface area contributed by atoms with Crippen LogP contribution < -0.4 is 4.72 Å². The molecule has 0 spiro atoms. The number of carboxylic acids is 1. The van der Waals surface area contributed by atoms with E-state index in [0.29, 0.717) is 6.07 Å². The van der Waals surface area contributed by atoms with Gasteiger partial charge in [0.2, 0.25) is 0 Å². The van der Waals surface area contributed by atoms with Crippen molar-refractivity contribution in [2.45, 2.75) is 11.1 Å². The van der Waals surface area contributed by atoms with E-state index in [-0.39, 0.29) is 10.6 Å². The number of sulfonamides is 1. The Morgan fingerprint density at radius 1 is 1.04 bits per heavy atom. The first-order valence-electron chi connectivity index (χ1n) is 6.34. The van der Waals surface area contributed by atoms with Crippen molar-refractivity contribution in [1.29, 1.82) is 0 Å². The van der Waals surface area contributed by atoms with Crippen LogP contribution in [0.3, 0.4) is 0 Å². The minimum absolute atomic E-state index is 0.289. The Labute approximate surface area is 150 Å². The highest BCUT2D eigenvalue weighted by atomic mass is 35.5. The Morgan fingerprint density at radius 2 is 1.64 bits per heavy atom. The Hall–Kier alpha value is -1.97. The van der Waals surface area contributed by atoms with Crippen molar-refractivity contribution >= 4 is 44.9 Å². The molecule has 0 aliphatic rings. The Kier molecular flexibility index (Phi) is 5.22. The number of rotatable bonds is 4. The molecule has 0 bridgehead atoms. The first kappa shape index (κ1) is 19.4. The van der Waals surface area contributed by atoms with Crippen LogP contribution in [0, 0.1) is 0 Å². The lowest BCUT2D eigenvalue weighted by Gasteiger charge is -2.13. The number of anilines is 1. The molecule has 0 unspecified atom stereocenters. The summed E-state index contributed by atoms with van der Waals surface area (Å²) in [7, 11) is -4.43. The van der Waals surface area contributed by atoms with Crippen LogP contribution in [0.1, 0.15) is 15.9 Å². The van der Waals surface area contributed by atoms with Crippen LogP contribution in [-0.4, -0.2) is 19.5 Å². The molecule has 0 fully saturated rings. The Morgan fingerprint density at radius 3 is 2.20 bits per heavy atom. The highest BCUT2D eigenvalue weighted by Gasteiger charge is 2.33. The van der Waals surface area contributed by atoms with Gasteiger partial charge in [0.1, 0.15) is 4.90 Å². The topological polar surface area (TPSA) is 83.5 Å². The largest absolute Gasteiger partial charge is 0.478 e. The molecular formula is C14H8Cl2F3NO4S. The van der Waals surface area contributed by atoms with Crippen molar-refractivity contribution in [1.82, 2.24) is 0 Å². The molecule has 0 aromatic heterocycles. The molecular weight excluding hydrogens is 406 g/mol. The van der Waals surface area contributed by atoms with E-state index in [4.69, 9.17) is 28.3 Å². The van der Waals surface area contributed by atoms with Crippen molar-refractivity contribution in [3.63, 3.8) is 0 Å². The molecule has 25 heavy (non-hydrogen) atoms. The van der Waals surface area contributed by atoms with Crippen LogP contribution in [-0.2, 0) is 16.2 Å². The predicted octanol–water partition coefficient (Wildman–Crippen LogP) is 4.51. The standard InChI is InChI=1S/C14H8Cl2F3NO4S/c15-10-4-2-8(6-9(10)14(17,18)19)20-25(23,24)12-5-7(13(21)22)1-3-11(12)16/h1-6,20H,(H,21,22). The fourth-order valence-corrected chi connectivity index (χ4v) is 3.66. The number of aromatic carboxylic acids is 1.